The van der Waals surface area contributed by atoms with Crippen molar-refractivity contribution in [1.29, 1.82) is 0 Å². The fourth-order valence-corrected chi connectivity index (χ4v) is 2.50. The number of nitrogens with zero attached hydrogens (tertiary/aromatic N) is 6. The third kappa shape index (κ3) is 6.54. The highest BCUT2D eigenvalue weighted by Crippen LogP contribution is 2.19. The first-order valence-corrected chi connectivity index (χ1v) is 9.12. The monoisotopic (exact) mass is 370 g/mol. The molecule has 0 unspecified atom stereocenters. The topological polar surface area (TPSA) is 76.1 Å². The fraction of sp³-hybridized carbons (Fsp3) is 0.824. The maximum absolute atomic E-state index is 5.28. The first kappa shape index (κ1) is 22.3. The number of methoxy groups -OCH3 is 3. The number of likely N-dealkylation sites (N-methyl/N-ethyl adjacent to an activating group) is 1. The Bertz CT molecular complexity index is 499. The maximum atomic E-state index is 5.28. The van der Waals surface area contributed by atoms with E-state index >= 15 is 0 Å². The average Bonchev–Trinajstić information content (AvgIpc) is 2.66. The molecule has 9 heteroatoms. The lowest BCUT2D eigenvalue weighted by molar-refractivity contribution is 0.139. The minimum atomic E-state index is 0.334. The molecule has 0 aliphatic heterocycles. The molecule has 1 rings (SSSR count). The van der Waals surface area contributed by atoms with Crippen molar-refractivity contribution in [2.24, 2.45) is 0 Å². The smallest absolute Gasteiger partial charge is 0.235 e. The van der Waals surface area contributed by atoms with Crippen LogP contribution in [0.15, 0.2) is 0 Å². The van der Waals surface area contributed by atoms with E-state index in [4.69, 9.17) is 19.2 Å². The predicted molar refractivity (Wildman–Crippen MR) is 104 cm³/mol. The number of anilines is 3. The lowest BCUT2D eigenvalue weighted by Gasteiger charge is -2.27. The summed E-state index contributed by atoms with van der Waals surface area (Å²) < 4.78 is 15.8. The molecule has 150 valence electrons. The second-order valence-corrected chi connectivity index (χ2v) is 5.76. The summed E-state index contributed by atoms with van der Waals surface area (Å²) in [5.74, 6) is 1.85. The highest BCUT2D eigenvalue weighted by Gasteiger charge is 2.19. The summed E-state index contributed by atoms with van der Waals surface area (Å²) in [6.07, 6.45) is 1.02. The summed E-state index contributed by atoms with van der Waals surface area (Å²) >= 11 is 0. The normalized spacial score (nSPS) is 10.8. The number of hydrogen-bond donors (Lipinski definition) is 0. The van der Waals surface area contributed by atoms with Crippen LogP contribution < -0.4 is 14.7 Å². The standard InChI is InChI=1S/C17H34N6O3/c1-7-10-21(8-2)15-18-16(22(9-3)11-12-24-4)20-17(19-15)23(13-25-5)14-26-6/h7-14H2,1-6H3. The van der Waals surface area contributed by atoms with Crippen LogP contribution in [0.2, 0.25) is 0 Å². The Morgan fingerprint density at radius 3 is 1.50 bits per heavy atom. The number of hydrogen-bond acceptors (Lipinski definition) is 9. The second kappa shape index (κ2) is 12.6. The first-order chi connectivity index (χ1) is 12.6. The molecule has 0 radical (unpaired) electrons. The van der Waals surface area contributed by atoms with Gasteiger partial charge in [-0.15, -0.1) is 0 Å². The number of ether oxygens (including phenoxy) is 3. The molecule has 0 N–H and O–H groups in total. The molecular formula is C17H34N6O3. The zero-order valence-electron chi connectivity index (χ0n) is 17.1. The molecule has 9 nitrogen and oxygen atoms in total. The molecule has 1 aromatic heterocycles. The van der Waals surface area contributed by atoms with Crippen molar-refractivity contribution in [3.8, 4) is 0 Å². The highest BCUT2D eigenvalue weighted by molar-refractivity contribution is 5.46. The summed E-state index contributed by atoms with van der Waals surface area (Å²) in [5.41, 5.74) is 0. The summed E-state index contributed by atoms with van der Waals surface area (Å²) in [6, 6.07) is 0. The van der Waals surface area contributed by atoms with Gasteiger partial charge in [0.15, 0.2) is 0 Å². The van der Waals surface area contributed by atoms with Crippen molar-refractivity contribution in [2.75, 3.05) is 82.3 Å². The number of aromatic nitrogens is 3. The highest BCUT2D eigenvalue weighted by atomic mass is 16.5. The van der Waals surface area contributed by atoms with E-state index < -0.39 is 0 Å². The van der Waals surface area contributed by atoms with Gasteiger partial charge in [-0.3, -0.25) is 4.90 Å². The van der Waals surface area contributed by atoms with Gasteiger partial charge in [-0.05, 0) is 20.3 Å². The zero-order valence-corrected chi connectivity index (χ0v) is 17.1. The van der Waals surface area contributed by atoms with Crippen LogP contribution in [0.4, 0.5) is 17.8 Å². The molecular weight excluding hydrogens is 336 g/mol. The van der Waals surface area contributed by atoms with Crippen LogP contribution in [0.5, 0.6) is 0 Å². The second-order valence-electron chi connectivity index (χ2n) is 5.76. The van der Waals surface area contributed by atoms with Crippen LogP contribution >= 0.6 is 0 Å². The van der Waals surface area contributed by atoms with E-state index in [2.05, 4.69) is 40.5 Å². The van der Waals surface area contributed by atoms with Crippen molar-refractivity contribution in [2.45, 2.75) is 27.2 Å². The minimum absolute atomic E-state index is 0.334. The van der Waals surface area contributed by atoms with E-state index in [-0.39, 0.29) is 0 Å². The van der Waals surface area contributed by atoms with Crippen LogP contribution in [-0.4, -0.2) is 82.5 Å². The molecule has 0 aliphatic rings. The Morgan fingerprint density at radius 2 is 1.12 bits per heavy atom. The van der Waals surface area contributed by atoms with Gasteiger partial charge in [0, 0.05) is 47.5 Å². The molecule has 0 atom stereocenters. The molecule has 0 saturated heterocycles. The Labute approximate surface area is 157 Å². The Balaban J connectivity index is 3.31. The van der Waals surface area contributed by atoms with Crippen LogP contribution in [0.1, 0.15) is 27.2 Å². The van der Waals surface area contributed by atoms with Crippen molar-refractivity contribution in [1.82, 2.24) is 15.0 Å². The molecule has 26 heavy (non-hydrogen) atoms. The van der Waals surface area contributed by atoms with Gasteiger partial charge >= 0.3 is 0 Å². The Morgan fingerprint density at radius 1 is 0.654 bits per heavy atom. The maximum Gasteiger partial charge on any atom is 0.235 e. The van der Waals surface area contributed by atoms with Crippen molar-refractivity contribution < 1.29 is 14.2 Å². The van der Waals surface area contributed by atoms with Gasteiger partial charge in [0.2, 0.25) is 17.8 Å². The van der Waals surface area contributed by atoms with E-state index in [1.165, 1.54) is 0 Å². The molecule has 1 aromatic rings. The fourth-order valence-electron chi connectivity index (χ4n) is 2.50. The van der Waals surface area contributed by atoms with E-state index in [1.54, 1.807) is 21.3 Å². The lowest BCUT2D eigenvalue weighted by atomic mass is 10.4. The Hall–Kier alpha value is -1.71. The molecule has 0 aromatic carbocycles. The molecule has 0 saturated carbocycles. The molecule has 0 fully saturated rings. The average molecular weight is 370 g/mol. The minimum Gasteiger partial charge on any atom is -0.383 e. The van der Waals surface area contributed by atoms with Gasteiger partial charge in [0.25, 0.3) is 0 Å². The summed E-state index contributed by atoms with van der Waals surface area (Å²) in [7, 11) is 4.97. The van der Waals surface area contributed by atoms with Crippen molar-refractivity contribution >= 4 is 17.8 Å². The van der Waals surface area contributed by atoms with Gasteiger partial charge in [-0.2, -0.15) is 15.0 Å². The zero-order chi connectivity index (χ0) is 19.4. The summed E-state index contributed by atoms with van der Waals surface area (Å²) in [5, 5.41) is 0. The van der Waals surface area contributed by atoms with Crippen LogP contribution in [0.25, 0.3) is 0 Å². The number of rotatable bonds is 14. The van der Waals surface area contributed by atoms with E-state index in [9.17, 15) is 0 Å². The van der Waals surface area contributed by atoms with Gasteiger partial charge in [0.1, 0.15) is 13.5 Å². The molecule has 0 aliphatic carbocycles. The predicted octanol–water partition coefficient (Wildman–Crippen LogP) is 1.59. The summed E-state index contributed by atoms with van der Waals surface area (Å²) in [6.45, 7) is 10.8. The first-order valence-electron chi connectivity index (χ1n) is 9.12. The summed E-state index contributed by atoms with van der Waals surface area (Å²) in [4.78, 5) is 20.1. The molecule has 0 bridgehead atoms. The third-order valence-electron chi connectivity index (χ3n) is 3.84. The molecule has 0 amide bonds. The quantitative estimate of drug-likeness (QED) is 0.454. The Kier molecular flexibility index (Phi) is 10.8. The van der Waals surface area contributed by atoms with Gasteiger partial charge in [-0.1, -0.05) is 6.92 Å². The van der Waals surface area contributed by atoms with Gasteiger partial charge in [0.05, 0.1) is 6.61 Å². The van der Waals surface area contributed by atoms with Crippen LogP contribution in [0, 0.1) is 0 Å². The molecule has 1 heterocycles. The van der Waals surface area contributed by atoms with Crippen molar-refractivity contribution in [3.63, 3.8) is 0 Å². The SMILES string of the molecule is CCCN(CC)c1nc(N(CC)CCOC)nc(N(COC)COC)n1. The molecule has 0 spiro atoms. The third-order valence-corrected chi connectivity index (χ3v) is 3.84. The lowest BCUT2D eigenvalue weighted by Crippen LogP contribution is -2.34. The van der Waals surface area contributed by atoms with E-state index in [0.29, 0.717) is 44.5 Å². The van der Waals surface area contributed by atoms with E-state index in [0.717, 1.165) is 26.1 Å². The van der Waals surface area contributed by atoms with Crippen LogP contribution in [-0.2, 0) is 14.2 Å². The van der Waals surface area contributed by atoms with E-state index in [1.807, 2.05) is 4.90 Å². The van der Waals surface area contributed by atoms with Crippen molar-refractivity contribution in [3.05, 3.63) is 0 Å². The van der Waals surface area contributed by atoms with Gasteiger partial charge in [-0.25, -0.2) is 0 Å². The van der Waals surface area contributed by atoms with Gasteiger partial charge < -0.3 is 24.0 Å². The van der Waals surface area contributed by atoms with Crippen LogP contribution in [0.3, 0.4) is 0 Å². The largest absolute Gasteiger partial charge is 0.383 e.